The first-order valence-corrected chi connectivity index (χ1v) is 9.77. The number of aliphatic hydroxyl groups excluding tert-OH is 2. The Morgan fingerprint density at radius 2 is 1.03 bits per heavy atom. The molecule has 2 aliphatic heterocycles. The van der Waals surface area contributed by atoms with Crippen LogP contribution in [0, 0.1) is 0 Å². The van der Waals surface area contributed by atoms with Crippen molar-refractivity contribution in [2.24, 2.45) is 0 Å². The molecule has 2 aliphatic rings. The van der Waals surface area contributed by atoms with Gasteiger partial charge in [-0.2, -0.15) is 0 Å². The molecule has 4 rings (SSSR count). The molecule has 162 valence electrons. The van der Waals surface area contributed by atoms with Crippen LogP contribution in [0.1, 0.15) is 23.7 Å². The number of aliphatic hydroxyl groups is 2. The monoisotopic (exact) mass is 418 g/mol. The Morgan fingerprint density at radius 3 is 1.37 bits per heavy atom. The van der Waals surface area contributed by atoms with Gasteiger partial charge in [0, 0.05) is 11.1 Å². The van der Waals surface area contributed by atoms with E-state index < -0.39 is 37.0 Å². The molecule has 30 heavy (non-hydrogen) atoms. The highest BCUT2D eigenvalue weighted by Crippen LogP contribution is 2.35. The van der Waals surface area contributed by atoms with Gasteiger partial charge in [0.1, 0.15) is 35.9 Å². The fourth-order valence-corrected chi connectivity index (χ4v) is 3.57. The predicted octanol–water partition coefficient (Wildman–Crippen LogP) is 1.95. The van der Waals surface area contributed by atoms with Crippen molar-refractivity contribution in [3.05, 3.63) is 59.7 Å². The average molecular weight is 418 g/mol. The molecule has 8 nitrogen and oxygen atoms in total. The van der Waals surface area contributed by atoms with Crippen molar-refractivity contribution < 1.29 is 38.6 Å². The molecule has 0 saturated carbocycles. The van der Waals surface area contributed by atoms with Gasteiger partial charge in [0.25, 0.3) is 0 Å². The molecule has 2 heterocycles. The lowest BCUT2D eigenvalue weighted by molar-refractivity contribution is -0.331. The van der Waals surface area contributed by atoms with E-state index in [-0.39, 0.29) is 13.2 Å². The van der Waals surface area contributed by atoms with Crippen LogP contribution in [0.2, 0.25) is 0 Å². The molecular weight excluding hydrogens is 392 g/mol. The highest BCUT2D eigenvalue weighted by molar-refractivity contribution is 5.29. The average Bonchev–Trinajstić information content (AvgIpc) is 2.80. The van der Waals surface area contributed by atoms with Gasteiger partial charge in [0.15, 0.2) is 12.6 Å². The summed E-state index contributed by atoms with van der Waals surface area (Å²) in [6.45, 7) is 0.115. The van der Waals surface area contributed by atoms with E-state index in [9.17, 15) is 10.2 Å². The lowest BCUT2D eigenvalue weighted by Gasteiger charge is -2.43. The third kappa shape index (κ3) is 4.44. The summed E-state index contributed by atoms with van der Waals surface area (Å²) in [5.74, 6) is 1.44. The van der Waals surface area contributed by atoms with Crippen LogP contribution in [0.15, 0.2) is 48.5 Å². The quantitative estimate of drug-likeness (QED) is 0.761. The van der Waals surface area contributed by atoms with E-state index in [1.165, 1.54) is 0 Å². The summed E-state index contributed by atoms with van der Waals surface area (Å²) in [6, 6.07) is 14.6. The van der Waals surface area contributed by atoms with Gasteiger partial charge in [0.2, 0.25) is 0 Å². The van der Waals surface area contributed by atoms with Crippen LogP contribution in [-0.4, -0.2) is 62.1 Å². The van der Waals surface area contributed by atoms with Crippen molar-refractivity contribution in [3.8, 4) is 11.5 Å². The largest absolute Gasteiger partial charge is 0.497 e. The van der Waals surface area contributed by atoms with Gasteiger partial charge in [-0.3, -0.25) is 0 Å². The third-order valence-electron chi connectivity index (χ3n) is 5.26. The maximum atomic E-state index is 10.5. The second-order valence-corrected chi connectivity index (χ2v) is 7.21. The molecule has 0 unspecified atom stereocenters. The standard InChI is InChI=1S/C22H26O8/c1-25-15-7-3-13(4-8-15)21-27-11-17(23)19(29-21)20-18(24)12-28-22(30-20)14-5-9-16(26-2)10-6-14/h3-10,17-24H,11-12H2,1-2H3/t17-,18-,19-,20-,21+,22+/m1/s1. The van der Waals surface area contributed by atoms with E-state index in [0.717, 1.165) is 22.6 Å². The molecule has 2 saturated heterocycles. The summed E-state index contributed by atoms with van der Waals surface area (Å²) in [4.78, 5) is 0. The van der Waals surface area contributed by atoms with Crippen molar-refractivity contribution in [2.45, 2.75) is 37.0 Å². The van der Waals surface area contributed by atoms with Crippen LogP contribution in [0.4, 0.5) is 0 Å². The minimum atomic E-state index is -0.950. The van der Waals surface area contributed by atoms with E-state index in [2.05, 4.69) is 0 Å². The van der Waals surface area contributed by atoms with Crippen LogP contribution >= 0.6 is 0 Å². The van der Waals surface area contributed by atoms with E-state index in [1.54, 1.807) is 14.2 Å². The molecule has 2 N–H and O–H groups in total. The molecule has 8 heteroatoms. The molecule has 0 radical (unpaired) electrons. The Balaban J connectivity index is 1.49. The van der Waals surface area contributed by atoms with E-state index >= 15 is 0 Å². The van der Waals surface area contributed by atoms with Crippen LogP contribution in [0.25, 0.3) is 0 Å². The van der Waals surface area contributed by atoms with Crippen LogP contribution in [-0.2, 0) is 18.9 Å². The van der Waals surface area contributed by atoms with Crippen LogP contribution in [0.3, 0.4) is 0 Å². The first-order chi connectivity index (χ1) is 14.6. The fourth-order valence-electron chi connectivity index (χ4n) is 3.57. The summed E-state index contributed by atoms with van der Waals surface area (Å²) in [6.07, 6.45) is -4.86. The smallest absolute Gasteiger partial charge is 0.184 e. The van der Waals surface area contributed by atoms with Gasteiger partial charge < -0.3 is 38.6 Å². The van der Waals surface area contributed by atoms with E-state index in [0.29, 0.717) is 0 Å². The number of ether oxygens (including phenoxy) is 6. The zero-order valence-electron chi connectivity index (χ0n) is 16.8. The highest BCUT2D eigenvalue weighted by Gasteiger charge is 2.44. The van der Waals surface area contributed by atoms with E-state index in [4.69, 9.17) is 28.4 Å². The maximum Gasteiger partial charge on any atom is 0.184 e. The van der Waals surface area contributed by atoms with Crippen LogP contribution < -0.4 is 9.47 Å². The summed E-state index contributed by atoms with van der Waals surface area (Å²) in [5.41, 5.74) is 1.56. The number of rotatable bonds is 5. The van der Waals surface area contributed by atoms with Gasteiger partial charge in [0.05, 0.1) is 27.4 Å². The molecule has 0 aromatic heterocycles. The lowest BCUT2D eigenvalue weighted by atomic mass is 10.0. The molecule has 2 aromatic carbocycles. The van der Waals surface area contributed by atoms with Gasteiger partial charge in [-0.1, -0.05) is 24.3 Å². The molecular formula is C22H26O8. The Bertz CT molecular complexity index is 739. The van der Waals surface area contributed by atoms with Gasteiger partial charge in [-0.25, -0.2) is 0 Å². The molecule has 2 fully saturated rings. The molecule has 6 atom stereocenters. The van der Waals surface area contributed by atoms with Crippen molar-refractivity contribution in [1.82, 2.24) is 0 Å². The third-order valence-corrected chi connectivity index (χ3v) is 5.26. The molecule has 0 bridgehead atoms. The summed E-state index contributed by atoms with van der Waals surface area (Å²) < 4.78 is 33.7. The summed E-state index contributed by atoms with van der Waals surface area (Å²) in [7, 11) is 3.19. The molecule has 0 amide bonds. The fraction of sp³-hybridized carbons (Fsp3) is 0.455. The van der Waals surface area contributed by atoms with Gasteiger partial charge in [-0.05, 0) is 24.3 Å². The number of hydrogen-bond donors (Lipinski definition) is 2. The van der Waals surface area contributed by atoms with Crippen molar-refractivity contribution >= 4 is 0 Å². The second kappa shape index (κ2) is 9.30. The van der Waals surface area contributed by atoms with Gasteiger partial charge >= 0.3 is 0 Å². The molecule has 2 aromatic rings. The summed E-state index contributed by atoms with van der Waals surface area (Å²) >= 11 is 0. The van der Waals surface area contributed by atoms with Crippen LogP contribution in [0.5, 0.6) is 11.5 Å². The maximum absolute atomic E-state index is 10.5. The number of benzene rings is 2. The Labute approximate surface area is 174 Å². The zero-order valence-corrected chi connectivity index (χ0v) is 16.8. The van der Waals surface area contributed by atoms with Crippen molar-refractivity contribution in [2.75, 3.05) is 27.4 Å². The number of methoxy groups -OCH3 is 2. The normalized spacial score (nSPS) is 31.9. The van der Waals surface area contributed by atoms with Crippen molar-refractivity contribution in [3.63, 3.8) is 0 Å². The minimum Gasteiger partial charge on any atom is -0.497 e. The van der Waals surface area contributed by atoms with E-state index in [1.807, 2.05) is 48.5 Å². The second-order valence-electron chi connectivity index (χ2n) is 7.21. The first kappa shape index (κ1) is 21.0. The molecule has 0 spiro atoms. The highest BCUT2D eigenvalue weighted by atomic mass is 16.7. The molecule has 0 aliphatic carbocycles. The summed E-state index contributed by atoms with van der Waals surface area (Å²) in [5, 5.41) is 21.0. The SMILES string of the molecule is COc1ccc([C@H]2OC[C@@H](O)[C@H]([C@@H]3O[C@@H](c4ccc(OC)cc4)OC[C@H]3O)O2)cc1. The van der Waals surface area contributed by atoms with Crippen molar-refractivity contribution in [1.29, 1.82) is 0 Å². The van der Waals surface area contributed by atoms with Gasteiger partial charge in [-0.15, -0.1) is 0 Å². The predicted molar refractivity (Wildman–Crippen MR) is 105 cm³/mol. The Kier molecular flexibility index (Phi) is 6.52. The lowest BCUT2D eigenvalue weighted by Crippen LogP contribution is -2.55. The number of hydrogen-bond acceptors (Lipinski definition) is 8. The zero-order chi connectivity index (χ0) is 21.1. The Morgan fingerprint density at radius 1 is 0.667 bits per heavy atom. The minimum absolute atomic E-state index is 0.0575. The Hall–Kier alpha value is -2.20. The topological polar surface area (TPSA) is 95.8 Å². The first-order valence-electron chi connectivity index (χ1n) is 9.77.